The molecule has 94 valence electrons. The van der Waals surface area contributed by atoms with Crippen LogP contribution in [0.5, 0.6) is 0 Å². The van der Waals surface area contributed by atoms with E-state index in [0.29, 0.717) is 12.0 Å². The number of hydrogen-bond acceptors (Lipinski definition) is 2. The van der Waals surface area contributed by atoms with E-state index in [2.05, 4.69) is 17.5 Å². The highest BCUT2D eigenvalue weighted by Gasteiger charge is 2.42. The molecular weight excluding hydrogens is 226 g/mol. The number of carboxylic acids is 1. The minimum absolute atomic E-state index is 0.315. The van der Waals surface area contributed by atoms with Gasteiger partial charge < -0.3 is 5.11 Å². The van der Waals surface area contributed by atoms with Gasteiger partial charge >= 0.3 is 5.97 Å². The number of rotatable bonds is 4. The fourth-order valence-electron chi connectivity index (χ4n) is 3.08. The highest BCUT2D eigenvalue weighted by molar-refractivity contribution is 5.75. The predicted molar refractivity (Wildman–Crippen MR) is 69.1 cm³/mol. The van der Waals surface area contributed by atoms with E-state index >= 15 is 0 Å². The maximum Gasteiger partial charge on any atom is 0.325 e. The largest absolute Gasteiger partial charge is 0.480 e. The van der Waals surface area contributed by atoms with Crippen LogP contribution in [0.1, 0.15) is 24.4 Å². The Hall–Kier alpha value is -1.61. The van der Waals surface area contributed by atoms with E-state index in [1.807, 2.05) is 30.3 Å². The summed E-state index contributed by atoms with van der Waals surface area (Å²) in [6.45, 7) is 0. The SMILES string of the molecule is O=C(O)C(NC1CC2CC=CC21)c1ccccc1. The fourth-order valence-corrected chi connectivity index (χ4v) is 3.08. The van der Waals surface area contributed by atoms with Gasteiger partial charge in [-0.25, -0.2) is 0 Å². The van der Waals surface area contributed by atoms with E-state index < -0.39 is 12.0 Å². The summed E-state index contributed by atoms with van der Waals surface area (Å²) in [7, 11) is 0. The molecule has 0 amide bonds. The Balaban J connectivity index is 1.72. The van der Waals surface area contributed by atoms with Gasteiger partial charge in [-0.2, -0.15) is 0 Å². The molecule has 0 saturated heterocycles. The standard InChI is InChI=1S/C15H17NO2/c17-15(18)14(10-5-2-1-3-6-10)16-13-9-11-7-4-8-12(11)13/h1-6,8,11-14,16H,7,9H2,(H,17,18). The van der Waals surface area contributed by atoms with Crippen molar-refractivity contribution in [3.05, 3.63) is 48.0 Å². The van der Waals surface area contributed by atoms with E-state index in [9.17, 15) is 9.90 Å². The van der Waals surface area contributed by atoms with Gasteiger partial charge in [-0.05, 0) is 30.2 Å². The van der Waals surface area contributed by atoms with E-state index in [1.54, 1.807) is 0 Å². The zero-order valence-corrected chi connectivity index (χ0v) is 10.1. The number of aliphatic carboxylic acids is 1. The first-order valence-electron chi connectivity index (χ1n) is 6.46. The molecule has 2 aliphatic carbocycles. The minimum Gasteiger partial charge on any atom is -0.480 e. The molecule has 4 atom stereocenters. The third kappa shape index (κ3) is 1.95. The van der Waals surface area contributed by atoms with Crippen molar-refractivity contribution in [2.24, 2.45) is 11.8 Å². The summed E-state index contributed by atoms with van der Waals surface area (Å²) in [5, 5.41) is 12.6. The molecule has 0 radical (unpaired) electrons. The molecule has 3 nitrogen and oxygen atoms in total. The van der Waals surface area contributed by atoms with Crippen LogP contribution >= 0.6 is 0 Å². The molecule has 0 bridgehead atoms. The van der Waals surface area contributed by atoms with Crippen molar-refractivity contribution in [1.29, 1.82) is 0 Å². The number of allylic oxidation sites excluding steroid dienone is 1. The Bertz CT molecular complexity index is 469. The summed E-state index contributed by atoms with van der Waals surface area (Å²) < 4.78 is 0. The number of hydrogen-bond donors (Lipinski definition) is 2. The second kappa shape index (κ2) is 4.58. The number of nitrogens with one attached hydrogen (secondary N) is 1. The van der Waals surface area contributed by atoms with Gasteiger partial charge in [0, 0.05) is 6.04 Å². The Labute approximate surface area is 107 Å². The van der Waals surface area contributed by atoms with Crippen LogP contribution in [-0.4, -0.2) is 17.1 Å². The summed E-state index contributed by atoms with van der Waals surface area (Å²) in [5.74, 6) is 0.481. The minimum atomic E-state index is -0.799. The lowest BCUT2D eigenvalue weighted by atomic mass is 9.71. The first-order valence-corrected chi connectivity index (χ1v) is 6.46. The van der Waals surface area contributed by atoms with E-state index in [0.717, 1.165) is 24.3 Å². The van der Waals surface area contributed by atoms with Gasteiger partial charge in [-0.15, -0.1) is 0 Å². The lowest BCUT2D eigenvalue weighted by Crippen LogP contribution is -2.50. The fraction of sp³-hybridized carbons (Fsp3) is 0.400. The molecule has 3 heteroatoms. The van der Waals surface area contributed by atoms with Crippen LogP contribution in [-0.2, 0) is 4.79 Å². The van der Waals surface area contributed by atoms with Crippen molar-refractivity contribution in [3.63, 3.8) is 0 Å². The molecule has 0 aromatic heterocycles. The topological polar surface area (TPSA) is 49.3 Å². The van der Waals surface area contributed by atoms with Crippen LogP contribution in [0.3, 0.4) is 0 Å². The summed E-state index contributed by atoms with van der Waals surface area (Å²) in [5.41, 5.74) is 0.829. The Kier molecular flexibility index (Phi) is 2.92. The maximum absolute atomic E-state index is 11.4. The predicted octanol–water partition coefficient (Wildman–Crippen LogP) is 2.37. The molecule has 1 saturated carbocycles. The molecule has 2 aliphatic rings. The number of carboxylic acid groups (broad SMARTS) is 1. The van der Waals surface area contributed by atoms with Crippen molar-refractivity contribution >= 4 is 5.97 Å². The van der Waals surface area contributed by atoms with Gasteiger partial charge in [0.25, 0.3) is 0 Å². The molecule has 2 N–H and O–H groups in total. The maximum atomic E-state index is 11.4. The van der Waals surface area contributed by atoms with Crippen LogP contribution in [0.4, 0.5) is 0 Å². The van der Waals surface area contributed by atoms with Crippen molar-refractivity contribution in [2.75, 3.05) is 0 Å². The lowest BCUT2D eigenvalue weighted by Gasteiger charge is -2.42. The molecule has 1 fully saturated rings. The normalized spacial score (nSPS) is 30.6. The van der Waals surface area contributed by atoms with Crippen LogP contribution in [0.25, 0.3) is 0 Å². The highest BCUT2D eigenvalue weighted by atomic mass is 16.4. The second-order valence-corrected chi connectivity index (χ2v) is 5.19. The summed E-state index contributed by atoms with van der Waals surface area (Å²) >= 11 is 0. The summed E-state index contributed by atoms with van der Waals surface area (Å²) in [6.07, 6.45) is 6.70. The number of benzene rings is 1. The molecule has 0 heterocycles. The molecule has 1 aromatic rings. The number of fused-ring (bicyclic) bond motifs is 1. The smallest absolute Gasteiger partial charge is 0.325 e. The van der Waals surface area contributed by atoms with Gasteiger partial charge in [0.2, 0.25) is 0 Å². The Morgan fingerprint density at radius 3 is 2.78 bits per heavy atom. The van der Waals surface area contributed by atoms with Crippen molar-refractivity contribution in [2.45, 2.75) is 24.9 Å². The van der Waals surface area contributed by atoms with Crippen LogP contribution in [0.2, 0.25) is 0 Å². The summed E-state index contributed by atoms with van der Waals surface area (Å²) in [4.78, 5) is 11.4. The van der Waals surface area contributed by atoms with E-state index in [-0.39, 0.29) is 0 Å². The quantitative estimate of drug-likeness (QED) is 0.798. The molecular formula is C15H17NO2. The van der Waals surface area contributed by atoms with Gasteiger partial charge in [-0.1, -0.05) is 42.5 Å². The monoisotopic (exact) mass is 243 g/mol. The van der Waals surface area contributed by atoms with Crippen molar-refractivity contribution in [3.8, 4) is 0 Å². The average molecular weight is 243 g/mol. The molecule has 0 spiro atoms. The Morgan fingerprint density at radius 2 is 2.11 bits per heavy atom. The second-order valence-electron chi connectivity index (χ2n) is 5.19. The third-order valence-electron chi connectivity index (χ3n) is 4.12. The number of carbonyl (C=O) groups is 1. The van der Waals surface area contributed by atoms with Crippen LogP contribution < -0.4 is 5.32 Å². The highest BCUT2D eigenvalue weighted by Crippen LogP contribution is 2.43. The zero-order valence-electron chi connectivity index (χ0n) is 10.1. The van der Waals surface area contributed by atoms with Crippen molar-refractivity contribution in [1.82, 2.24) is 5.32 Å². The van der Waals surface area contributed by atoms with E-state index in [4.69, 9.17) is 0 Å². The zero-order chi connectivity index (χ0) is 12.5. The average Bonchev–Trinajstić information content (AvgIpc) is 2.72. The van der Waals surface area contributed by atoms with Crippen LogP contribution in [0, 0.1) is 11.8 Å². The molecule has 3 rings (SSSR count). The lowest BCUT2D eigenvalue weighted by molar-refractivity contribution is -0.140. The van der Waals surface area contributed by atoms with Gasteiger partial charge in [0.1, 0.15) is 6.04 Å². The van der Waals surface area contributed by atoms with Crippen molar-refractivity contribution < 1.29 is 9.90 Å². The third-order valence-corrected chi connectivity index (χ3v) is 4.12. The summed E-state index contributed by atoms with van der Waals surface area (Å²) in [6, 6.07) is 9.12. The molecule has 4 unspecified atom stereocenters. The molecule has 1 aromatic carbocycles. The van der Waals surface area contributed by atoms with Gasteiger partial charge in [0.05, 0.1) is 0 Å². The van der Waals surface area contributed by atoms with Gasteiger partial charge in [0.15, 0.2) is 0 Å². The Morgan fingerprint density at radius 1 is 1.33 bits per heavy atom. The molecule has 18 heavy (non-hydrogen) atoms. The van der Waals surface area contributed by atoms with Crippen LogP contribution in [0.15, 0.2) is 42.5 Å². The first kappa shape index (κ1) is 11.5. The molecule has 0 aliphatic heterocycles. The van der Waals surface area contributed by atoms with E-state index in [1.165, 1.54) is 0 Å². The van der Waals surface area contributed by atoms with Gasteiger partial charge in [-0.3, -0.25) is 10.1 Å². The first-order chi connectivity index (χ1) is 8.75.